The number of carbonyl (C=O) groups is 1. The summed E-state index contributed by atoms with van der Waals surface area (Å²) in [6.07, 6.45) is 4.41. The van der Waals surface area contributed by atoms with Gasteiger partial charge in [-0.25, -0.2) is 4.98 Å². The van der Waals surface area contributed by atoms with Crippen molar-refractivity contribution in [2.45, 2.75) is 39.2 Å². The lowest BCUT2D eigenvalue weighted by molar-refractivity contribution is 0.0740. The molecule has 0 bridgehead atoms. The molecule has 1 fully saturated rings. The van der Waals surface area contributed by atoms with Crippen LogP contribution >= 0.6 is 0 Å². The van der Waals surface area contributed by atoms with Gasteiger partial charge in [-0.2, -0.15) is 0 Å². The van der Waals surface area contributed by atoms with Gasteiger partial charge < -0.3 is 14.4 Å². The van der Waals surface area contributed by atoms with Gasteiger partial charge in [0.1, 0.15) is 11.5 Å². The molecule has 0 aliphatic carbocycles. The van der Waals surface area contributed by atoms with Crippen LogP contribution in [0.1, 0.15) is 41.0 Å². The number of anilines is 1. The maximum Gasteiger partial charge on any atom is 0.274 e. The van der Waals surface area contributed by atoms with Crippen LogP contribution in [0.4, 0.5) is 5.69 Å². The molecule has 3 heterocycles. The molecule has 2 aliphatic rings. The number of amides is 1. The summed E-state index contributed by atoms with van der Waals surface area (Å²) < 4.78 is 2.31. The topological polar surface area (TPSA) is 41.4 Å². The summed E-state index contributed by atoms with van der Waals surface area (Å²) in [6.45, 7) is 6.23. The molecule has 1 amide bonds. The number of imidazole rings is 1. The molecular weight excluding hydrogens is 384 g/mol. The molecule has 0 radical (unpaired) electrons. The van der Waals surface area contributed by atoms with Crippen molar-refractivity contribution in [1.29, 1.82) is 0 Å². The van der Waals surface area contributed by atoms with Gasteiger partial charge in [0.15, 0.2) is 0 Å². The lowest BCUT2D eigenvalue weighted by atomic mass is 10.1. The molecule has 3 aromatic rings. The van der Waals surface area contributed by atoms with Gasteiger partial charge in [-0.1, -0.05) is 54.4 Å². The van der Waals surface area contributed by atoms with Gasteiger partial charge in [0.05, 0.1) is 5.69 Å². The predicted octanol–water partition coefficient (Wildman–Crippen LogP) is 4.55. The molecule has 0 atom stereocenters. The molecular formula is C26H30N4O. The molecule has 0 N–H and O–H groups in total. The Hall–Kier alpha value is -3.08. The Kier molecular flexibility index (Phi) is 5.49. The lowest BCUT2D eigenvalue weighted by Crippen LogP contribution is -2.49. The third-order valence-corrected chi connectivity index (χ3v) is 6.57. The first-order valence-corrected chi connectivity index (χ1v) is 11.5. The van der Waals surface area contributed by atoms with Crippen LogP contribution in [0.25, 0.3) is 11.4 Å². The first-order chi connectivity index (χ1) is 15.2. The highest BCUT2D eigenvalue weighted by atomic mass is 16.2. The summed E-state index contributed by atoms with van der Waals surface area (Å²) in [4.78, 5) is 22.9. The molecule has 0 saturated carbocycles. The van der Waals surface area contributed by atoms with Gasteiger partial charge in [0.2, 0.25) is 0 Å². The zero-order chi connectivity index (χ0) is 21.2. The highest BCUT2D eigenvalue weighted by molar-refractivity contribution is 5.94. The van der Waals surface area contributed by atoms with E-state index in [9.17, 15) is 4.79 Å². The zero-order valence-corrected chi connectivity index (χ0v) is 18.3. The van der Waals surface area contributed by atoms with E-state index >= 15 is 0 Å². The van der Waals surface area contributed by atoms with Crippen LogP contribution in [0.15, 0.2) is 54.6 Å². The fourth-order valence-electron chi connectivity index (χ4n) is 4.77. The van der Waals surface area contributed by atoms with Crippen molar-refractivity contribution in [3.8, 4) is 11.4 Å². The Morgan fingerprint density at radius 2 is 1.58 bits per heavy atom. The number of para-hydroxylation sites is 1. The average molecular weight is 415 g/mol. The van der Waals surface area contributed by atoms with Crippen LogP contribution < -0.4 is 4.90 Å². The minimum absolute atomic E-state index is 0.0942. The number of fused-ring (bicyclic) bond motifs is 1. The van der Waals surface area contributed by atoms with Gasteiger partial charge in [-0.05, 0) is 38.3 Å². The van der Waals surface area contributed by atoms with Crippen molar-refractivity contribution in [3.05, 3.63) is 71.5 Å². The van der Waals surface area contributed by atoms with E-state index in [-0.39, 0.29) is 5.91 Å². The molecule has 1 aromatic heterocycles. The third-order valence-electron chi connectivity index (χ3n) is 6.57. The molecule has 31 heavy (non-hydrogen) atoms. The van der Waals surface area contributed by atoms with Gasteiger partial charge in [-0.15, -0.1) is 0 Å². The van der Waals surface area contributed by atoms with E-state index in [1.807, 2.05) is 11.0 Å². The number of aromatic nitrogens is 2. The summed E-state index contributed by atoms with van der Waals surface area (Å²) in [5, 5.41) is 0. The van der Waals surface area contributed by atoms with Crippen molar-refractivity contribution in [2.24, 2.45) is 0 Å². The van der Waals surface area contributed by atoms with Crippen LogP contribution in [-0.4, -0.2) is 46.5 Å². The van der Waals surface area contributed by atoms with Gasteiger partial charge in [-0.3, -0.25) is 4.79 Å². The molecule has 5 rings (SSSR count). The number of piperazine rings is 1. The Labute approximate surface area is 184 Å². The Morgan fingerprint density at radius 3 is 2.32 bits per heavy atom. The van der Waals surface area contributed by atoms with Crippen molar-refractivity contribution >= 4 is 11.6 Å². The van der Waals surface area contributed by atoms with E-state index in [4.69, 9.17) is 4.98 Å². The number of hydrogen-bond donors (Lipinski definition) is 0. The first kappa shape index (κ1) is 19.9. The largest absolute Gasteiger partial charge is 0.368 e. The molecule has 1 saturated heterocycles. The van der Waals surface area contributed by atoms with Gasteiger partial charge in [0, 0.05) is 44.0 Å². The number of hydrogen-bond acceptors (Lipinski definition) is 3. The second-order valence-electron chi connectivity index (χ2n) is 8.67. The monoisotopic (exact) mass is 414 g/mol. The molecule has 5 heteroatoms. The summed E-state index contributed by atoms with van der Waals surface area (Å²) >= 11 is 0. The van der Waals surface area contributed by atoms with Crippen LogP contribution in [0.2, 0.25) is 0 Å². The Morgan fingerprint density at radius 1 is 0.839 bits per heavy atom. The highest BCUT2D eigenvalue weighted by Gasteiger charge is 2.29. The van der Waals surface area contributed by atoms with E-state index in [1.54, 1.807) is 0 Å². The smallest absolute Gasteiger partial charge is 0.274 e. The maximum absolute atomic E-state index is 13.6. The van der Waals surface area contributed by atoms with Crippen LogP contribution in [0, 0.1) is 6.92 Å². The van der Waals surface area contributed by atoms with Crippen molar-refractivity contribution in [3.63, 3.8) is 0 Å². The molecule has 160 valence electrons. The van der Waals surface area contributed by atoms with E-state index in [0.29, 0.717) is 5.69 Å². The highest BCUT2D eigenvalue weighted by Crippen LogP contribution is 2.28. The van der Waals surface area contributed by atoms with Crippen molar-refractivity contribution < 1.29 is 4.79 Å². The minimum Gasteiger partial charge on any atom is -0.368 e. The number of nitrogens with zero attached hydrogens (tertiary/aromatic N) is 4. The van der Waals surface area contributed by atoms with Crippen LogP contribution in [0.3, 0.4) is 0 Å². The second kappa shape index (κ2) is 8.58. The van der Waals surface area contributed by atoms with Crippen molar-refractivity contribution in [2.75, 3.05) is 31.1 Å². The van der Waals surface area contributed by atoms with Crippen LogP contribution in [-0.2, 0) is 13.0 Å². The minimum atomic E-state index is 0.0942. The number of aryl methyl sites for hydroxylation is 1. The van der Waals surface area contributed by atoms with E-state index in [0.717, 1.165) is 69.1 Å². The van der Waals surface area contributed by atoms with Crippen molar-refractivity contribution in [1.82, 2.24) is 14.5 Å². The summed E-state index contributed by atoms with van der Waals surface area (Å²) in [6, 6.07) is 19.0. The third kappa shape index (κ3) is 3.97. The molecule has 2 aliphatic heterocycles. The fourth-order valence-corrected chi connectivity index (χ4v) is 4.77. The fraction of sp³-hybridized carbons (Fsp3) is 0.385. The number of carbonyl (C=O) groups excluding carboxylic acids is 1. The van der Waals surface area contributed by atoms with E-state index < -0.39 is 0 Å². The predicted molar refractivity (Wildman–Crippen MR) is 125 cm³/mol. The molecule has 2 aromatic carbocycles. The Bertz CT molecular complexity index is 1050. The van der Waals surface area contributed by atoms with E-state index in [1.165, 1.54) is 17.7 Å². The first-order valence-electron chi connectivity index (χ1n) is 11.5. The second-order valence-corrected chi connectivity index (χ2v) is 8.67. The quantitative estimate of drug-likeness (QED) is 0.631. The SMILES string of the molecule is Cc1ccc(-c2nc(C(=O)N3CCN(c4ccccc4)CC3)c3n2CCCCC3)cc1. The van der Waals surface area contributed by atoms with Gasteiger partial charge in [0.25, 0.3) is 5.91 Å². The Balaban J connectivity index is 1.41. The maximum atomic E-state index is 13.6. The summed E-state index contributed by atoms with van der Waals surface area (Å²) in [5.41, 5.74) is 5.36. The number of benzene rings is 2. The standard InChI is InChI=1S/C26H30N4O/c1-20-11-13-21(14-12-20)25-27-24(23-10-6-3-7-15-30(23)25)26(31)29-18-16-28(17-19-29)22-8-4-2-5-9-22/h2,4-5,8-9,11-14H,3,6-7,10,15-19H2,1H3. The normalized spacial score (nSPS) is 16.7. The summed E-state index contributed by atoms with van der Waals surface area (Å²) in [7, 11) is 0. The average Bonchev–Trinajstić information content (AvgIpc) is 3.00. The molecule has 0 spiro atoms. The lowest BCUT2D eigenvalue weighted by Gasteiger charge is -2.36. The summed E-state index contributed by atoms with van der Waals surface area (Å²) in [5.74, 6) is 1.04. The van der Waals surface area contributed by atoms with Gasteiger partial charge >= 0.3 is 0 Å². The zero-order valence-electron chi connectivity index (χ0n) is 18.3. The number of rotatable bonds is 3. The molecule has 0 unspecified atom stereocenters. The van der Waals surface area contributed by atoms with Crippen LogP contribution in [0.5, 0.6) is 0 Å². The molecule has 5 nitrogen and oxygen atoms in total. The van der Waals surface area contributed by atoms with E-state index in [2.05, 4.69) is 64.9 Å².